The molecule has 0 atom stereocenters. The average Bonchev–Trinajstić information content (AvgIpc) is 2.97. The molecule has 0 amide bonds. The zero-order valence-electron chi connectivity index (χ0n) is 16.4. The lowest BCUT2D eigenvalue weighted by Gasteiger charge is -2.28. The molecule has 0 aromatic carbocycles. The van der Waals surface area contributed by atoms with Gasteiger partial charge in [-0.3, -0.25) is 4.90 Å². The highest BCUT2D eigenvalue weighted by Gasteiger charge is 2.12. The third kappa shape index (κ3) is 6.42. The molecule has 0 unspecified atom stereocenters. The van der Waals surface area contributed by atoms with Gasteiger partial charge in [-0.15, -0.1) is 16.8 Å². The minimum Gasteiger partial charge on any atom is -0.379 e. The standard InChI is InChI=1S/C18H33N7O/c1-5-6-7-9-23(3)18(19-8-10-25-11-13-26-14-12-25)20-15-17-22-21-16(2)24(17)4/h5H,1,6-15H2,2-4H3,(H,19,20). The number of ether oxygens (including phenoxy) is 1. The van der Waals surface area contributed by atoms with Crippen LogP contribution in [-0.4, -0.2) is 83.5 Å². The number of aliphatic imine (C=N–C) groups is 1. The second-order valence-corrected chi connectivity index (χ2v) is 6.60. The number of allylic oxidation sites excluding steroid dienone is 1. The summed E-state index contributed by atoms with van der Waals surface area (Å²) in [5.41, 5.74) is 0. The molecule has 2 rings (SSSR count). The molecule has 0 bridgehead atoms. The van der Waals surface area contributed by atoms with Crippen molar-refractivity contribution in [2.24, 2.45) is 12.0 Å². The first-order valence-corrected chi connectivity index (χ1v) is 9.37. The van der Waals surface area contributed by atoms with E-state index in [-0.39, 0.29) is 0 Å². The van der Waals surface area contributed by atoms with Gasteiger partial charge < -0.3 is 19.5 Å². The summed E-state index contributed by atoms with van der Waals surface area (Å²) in [6.45, 7) is 12.7. The maximum Gasteiger partial charge on any atom is 0.194 e. The van der Waals surface area contributed by atoms with E-state index in [1.54, 1.807) is 0 Å². The zero-order chi connectivity index (χ0) is 18.8. The van der Waals surface area contributed by atoms with Crippen molar-refractivity contribution in [2.75, 3.05) is 53.0 Å². The zero-order valence-corrected chi connectivity index (χ0v) is 16.4. The molecule has 0 radical (unpaired) electrons. The van der Waals surface area contributed by atoms with Gasteiger partial charge in [0, 0.05) is 46.8 Å². The van der Waals surface area contributed by atoms with Gasteiger partial charge >= 0.3 is 0 Å². The summed E-state index contributed by atoms with van der Waals surface area (Å²) in [5.74, 6) is 2.67. The third-order valence-electron chi connectivity index (χ3n) is 4.63. The number of morpholine rings is 1. The van der Waals surface area contributed by atoms with Gasteiger partial charge in [0.2, 0.25) is 0 Å². The van der Waals surface area contributed by atoms with Crippen LogP contribution in [-0.2, 0) is 18.3 Å². The van der Waals surface area contributed by atoms with Crippen LogP contribution in [0.3, 0.4) is 0 Å². The first-order chi connectivity index (χ1) is 12.6. The lowest BCUT2D eigenvalue weighted by atomic mass is 10.3. The molecule has 1 aromatic rings. The number of unbranched alkanes of at least 4 members (excludes halogenated alkanes) is 1. The Labute approximate surface area is 156 Å². The van der Waals surface area contributed by atoms with Crippen LogP contribution >= 0.6 is 0 Å². The fraction of sp³-hybridized carbons (Fsp3) is 0.722. The Morgan fingerprint density at radius 1 is 1.38 bits per heavy atom. The van der Waals surface area contributed by atoms with E-state index in [9.17, 15) is 0 Å². The molecular weight excluding hydrogens is 330 g/mol. The van der Waals surface area contributed by atoms with Crippen molar-refractivity contribution < 1.29 is 4.74 Å². The van der Waals surface area contributed by atoms with E-state index in [1.165, 1.54) is 0 Å². The Bertz CT molecular complexity index is 578. The summed E-state index contributed by atoms with van der Waals surface area (Å²) in [6.07, 6.45) is 4.03. The van der Waals surface area contributed by atoms with Crippen LogP contribution in [0.15, 0.2) is 17.6 Å². The fourth-order valence-corrected chi connectivity index (χ4v) is 2.78. The van der Waals surface area contributed by atoms with Crippen molar-refractivity contribution in [1.29, 1.82) is 0 Å². The third-order valence-corrected chi connectivity index (χ3v) is 4.63. The Balaban J connectivity index is 1.91. The maximum atomic E-state index is 5.40. The van der Waals surface area contributed by atoms with Crippen LogP contribution in [0.4, 0.5) is 0 Å². The van der Waals surface area contributed by atoms with Gasteiger partial charge in [0.05, 0.1) is 13.2 Å². The first kappa shape index (κ1) is 20.4. The van der Waals surface area contributed by atoms with Crippen molar-refractivity contribution >= 4 is 5.96 Å². The van der Waals surface area contributed by atoms with Crippen LogP contribution in [0.1, 0.15) is 24.5 Å². The number of rotatable bonds is 9. The predicted octanol–water partition coefficient (Wildman–Crippen LogP) is 0.799. The molecule has 1 aliphatic heterocycles. The number of nitrogens with one attached hydrogen (secondary N) is 1. The SMILES string of the molecule is C=CCCCN(C)C(=NCc1nnc(C)n1C)NCCN1CCOCC1. The molecule has 8 heteroatoms. The van der Waals surface area contributed by atoms with E-state index in [1.807, 2.05) is 24.6 Å². The smallest absolute Gasteiger partial charge is 0.194 e. The van der Waals surface area contributed by atoms with E-state index < -0.39 is 0 Å². The quantitative estimate of drug-likeness (QED) is 0.303. The fourth-order valence-electron chi connectivity index (χ4n) is 2.78. The molecule has 1 N–H and O–H groups in total. The lowest BCUT2D eigenvalue weighted by molar-refractivity contribution is 0.0388. The molecule has 1 aromatic heterocycles. The van der Waals surface area contributed by atoms with Crippen LogP contribution < -0.4 is 5.32 Å². The monoisotopic (exact) mass is 363 g/mol. The van der Waals surface area contributed by atoms with Gasteiger partial charge in [0.1, 0.15) is 12.4 Å². The lowest BCUT2D eigenvalue weighted by Crippen LogP contribution is -2.45. The largest absolute Gasteiger partial charge is 0.379 e. The minimum absolute atomic E-state index is 0.517. The van der Waals surface area contributed by atoms with Crippen molar-refractivity contribution in [2.45, 2.75) is 26.3 Å². The van der Waals surface area contributed by atoms with Crippen molar-refractivity contribution in [3.8, 4) is 0 Å². The number of hydrogen-bond donors (Lipinski definition) is 1. The van der Waals surface area contributed by atoms with Crippen LogP contribution in [0.25, 0.3) is 0 Å². The maximum absolute atomic E-state index is 5.40. The van der Waals surface area contributed by atoms with Gasteiger partial charge in [-0.1, -0.05) is 6.08 Å². The summed E-state index contributed by atoms with van der Waals surface area (Å²) in [4.78, 5) is 9.36. The van der Waals surface area contributed by atoms with Crippen LogP contribution in [0.5, 0.6) is 0 Å². The molecule has 146 valence electrons. The highest BCUT2D eigenvalue weighted by Crippen LogP contribution is 2.01. The molecule has 1 aliphatic rings. The molecule has 0 aliphatic carbocycles. The molecule has 8 nitrogen and oxygen atoms in total. The minimum atomic E-state index is 0.517. The molecule has 26 heavy (non-hydrogen) atoms. The van der Waals surface area contributed by atoms with Crippen molar-refractivity contribution in [1.82, 2.24) is 29.9 Å². The second-order valence-electron chi connectivity index (χ2n) is 6.60. The molecule has 1 saturated heterocycles. The normalized spacial score (nSPS) is 15.9. The summed E-state index contributed by atoms with van der Waals surface area (Å²) in [5, 5.41) is 11.8. The highest BCUT2D eigenvalue weighted by molar-refractivity contribution is 5.79. The van der Waals surface area contributed by atoms with Crippen molar-refractivity contribution in [3.63, 3.8) is 0 Å². The molecule has 2 heterocycles. The number of hydrogen-bond acceptors (Lipinski definition) is 5. The Morgan fingerprint density at radius 2 is 2.15 bits per heavy atom. The van der Waals surface area contributed by atoms with E-state index in [0.717, 1.165) is 76.4 Å². The van der Waals surface area contributed by atoms with E-state index >= 15 is 0 Å². The van der Waals surface area contributed by atoms with Crippen LogP contribution in [0.2, 0.25) is 0 Å². The number of nitrogens with zero attached hydrogens (tertiary/aromatic N) is 6. The first-order valence-electron chi connectivity index (χ1n) is 9.37. The number of aryl methyl sites for hydroxylation is 1. The van der Waals surface area contributed by atoms with Gasteiger partial charge in [0.25, 0.3) is 0 Å². The second kappa shape index (κ2) is 10.9. The molecule has 0 spiro atoms. The van der Waals surface area contributed by atoms with E-state index in [0.29, 0.717) is 6.54 Å². The average molecular weight is 364 g/mol. The van der Waals surface area contributed by atoms with Gasteiger partial charge in [-0.2, -0.15) is 0 Å². The topological polar surface area (TPSA) is 70.8 Å². The number of guanidine groups is 1. The van der Waals surface area contributed by atoms with Gasteiger partial charge in [0.15, 0.2) is 11.8 Å². The van der Waals surface area contributed by atoms with E-state index in [2.05, 4.69) is 38.9 Å². The molecule has 0 saturated carbocycles. The Kier molecular flexibility index (Phi) is 8.57. The Morgan fingerprint density at radius 3 is 2.81 bits per heavy atom. The van der Waals surface area contributed by atoms with E-state index in [4.69, 9.17) is 9.73 Å². The summed E-state index contributed by atoms with van der Waals surface area (Å²) in [7, 11) is 4.05. The summed E-state index contributed by atoms with van der Waals surface area (Å²) < 4.78 is 7.38. The number of aromatic nitrogens is 3. The van der Waals surface area contributed by atoms with Gasteiger partial charge in [-0.25, -0.2) is 4.99 Å². The van der Waals surface area contributed by atoms with Gasteiger partial charge in [-0.05, 0) is 19.8 Å². The van der Waals surface area contributed by atoms with Crippen LogP contribution in [0, 0.1) is 6.92 Å². The summed E-state index contributed by atoms with van der Waals surface area (Å²) >= 11 is 0. The Hall–Kier alpha value is -1.93. The summed E-state index contributed by atoms with van der Waals surface area (Å²) in [6, 6.07) is 0. The van der Waals surface area contributed by atoms with Crippen molar-refractivity contribution in [3.05, 3.63) is 24.3 Å². The highest BCUT2D eigenvalue weighted by atomic mass is 16.5. The molecular formula is C18H33N7O. The predicted molar refractivity (Wildman–Crippen MR) is 104 cm³/mol. The molecule has 1 fully saturated rings.